The van der Waals surface area contributed by atoms with E-state index in [2.05, 4.69) is 71.5 Å². The van der Waals surface area contributed by atoms with E-state index in [1.54, 1.807) is 0 Å². The molecular weight excluding hydrogens is 324 g/mol. The Bertz CT molecular complexity index is 730. The molecule has 1 N–H and O–H groups in total. The molecule has 0 unspecified atom stereocenters. The number of hydrogen-bond donors (Lipinski definition) is 1. The van der Waals surface area contributed by atoms with Crippen LogP contribution >= 0.6 is 0 Å². The van der Waals surface area contributed by atoms with E-state index in [0.29, 0.717) is 13.1 Å². The number of rotatable bonds is 11. The lowest BCUT2D eigenvalue weighted by Gasteiger charge is -2.24. The maximum atomic E-state index is 10.2. The molecule has 138 valence electrons. The minimum absolute atomic E-state index is 0.220. The predicted octanol–water partition coefficient (Wildman–Crippen LogP) is 2.84. The monoisotopic (exact) mass is 352 g/mol. The van der Waals surface area contributed by atoms with Crippen LogP contribution in [0.1, 0.15) is 16.8 Å². The summed E-state index contributed by atoms with van der Waals surface area (Å²) in [6.07, 6.45) is 8.53. The number of ether oxygens (including phenoxy) is 1. The van der Waals surface area contributed by atoms with Crippen molar-refractivity contribution in [3.05, 3.63) is 72.1 Å². The van der Waals surface area contributed by atoms with Gasteiger partial charge in [0.15, 0.2) is 0 Å². The highest BCUT2D eigenvalue weighted by Gasteiger charge is 2.13. The van der Waals surface area contributed by atoms with Crippen LogP contribution in [0.4, 0.5) is 0 Å². The Kier molecular flexibility index (Phi) is 8.17. The van der Waals surface area contributed by atoms with Crippen molar-refractivity contribution < 1.29 is 9.84 Å². The zero-order valence-electron chi connectivity index (χ0n) is 15.5. The molecule has 0 saturated carbocycles. The molecule has 1 atom stereocenters. The second-order valence-corrected chi connectivity index (χ2v) is 6.41. The summed E-state index contributed by atoms with van der Waals surface area (Å²) < 4.78 is 7.48. The molecule has 26 heavy (non-hydrogen) atoms. The third-order valence-electron chi connectivity index (χ3n) is 4.26. The van der Waals surface area contributed by atoms with Crippen molar-refractivity contribution in [1.29, 1.82) is 0 Å². The third-order valence-corrected chi connectivity index (χ3v) is 4.26. The van der Waals surface area contributed by atoms with Gasteiger partial charge in [0.25, 0.3) is 0 Å². The molecule has 0 radical (unpaired) electrons. The van der Waals surface area contributed by atoms with E-state index in [1.807, 2.05) is 6.08 Å². The van der Waals surface area contributed by atoms with Crippen LogP contribution in [0.3, 0.4) is 0 Å². The van der Waals surface area contributed by atoms with Crippen molar-refractivity contribution in [2.75, 3.05) is 26.3 Å². The first kappa shape index (κ1) is 20.0. The van der Waals surface area contributed by atoms with Gasteiger partial charge in [0.2, 0.25) is 0 Å². The van der Waals surface area contributed by atoms with Crippen LogP contribution in [0.15, 0.2) is 55.3 Å². The summed E-state index contributed by atoms with van der Waals surface area (Å²) in [7, 11) is 0. The van der Waals surface area contributed by atoms with Gasteiger partial charge in [0, 0.05) is 38.1 Å². The SMILES string of the molecule is C#CCOC[C@H](O)CN(CC=C)Cc1cccn1Cc1ccccc1C. The number of nitrogens with zero attached hydrogens (tertiary/aromatic N) is 2. The molecule has 0 spiro atoms. The highest BCUT2D eigenvalue weighted by atomic mass is 16.5. The largest absolute Gasteiger partial charge is 0.389 e. The number of terminal acetylenes is 1. The smallest absolute Gasteiger partial charge is 0.107 e. The summed E-state index contributed by atoms with van der Waals surface area (Å²) in [4.78, 5) is 2.15. The molecule has 4 nitrogen and oxygen atoms in total. The van der Waals surface area contributed by atoms with Gasteiger partial charge in [-0.25, -0.2) is 0 Å². The number of aliphatic hydroxyl groups excluding tert-OH is 1. The zero-order valence-corrected chi connectivity index (χ0v) is 15.5. The zero-order chi connectivity index (χ0) is 18.8. The molecule has 0 aliphatic carbocycles. The van der Waals surface area contributed by atoms with E-state index >= 15 is 0 Å². The van der Waals surface area contributed by atoms with Gasteiger partial charge in [0.1, 0.15) is 6.61 Å². The van der Waals surface area contributed by atoms with E-state index in [9.17, 15) is 5.11 Å². The van der Waals surface area contributed by atoms with Crippen molar-refractivity contribution >= 4 is 0 Å². The first-order valence-corrected chi connectivity index (χ1v) is 8.85. The van der Waals surface area contributed by atoms with Crippen LogP contribution in [-0.2, 0) is 17.8 Å². The Labute approximate surface area is 156 Å². The van der Waals surface area contributed by atoms with Crippen LogP contribution in [0, 0.1) is 19.3 Å². The number of aromatic nitrogens is 1. The molecule has 4 heteroatoms. The molecule has 2 aromatic rings. The maximum Gasteiger partial charge on any atom is 0.107 e. The summed E-state index contributed by atoms with van der Waals surface area (Å²) in [6.45, 7) is 9.19. The van der Waals surface area contributed by atoms with E-state index in [1.165, 1.54) is 16.8 Å². The summed E-state index contributed by atoms with van der Waals surface area (Å²) in [5.74, 6) is 2.41. The lowest BCUT2D eigenvalue weighted by Crippen LogP contribution is -2.35. The molecule has 0 aliphatic heterocycles. The Morgan fingerprint density at radius 1 is 1.35 bits per heavy atom. The van der Waals surface area contributed by atoms with Crippen LogP contribution in [0.25, 0.3) is 0 Å². The fourth-order valence-corrected chi connectivity index (χ4v) is 2.94. The quantitative estimate of drug-likeness (QED) is 0.384. The topological polar surface area (TPSA) is 37.6 Å². The van der Waals surface area contributed by atoms with Crippen LogP contribution in [0.2, 0.25) is 0 Å². The summed E-state index contributed by atoms with van der Waals surface area (Å²) in [5.41, 5.74) is 3.80. The molecule has 0 bridgehead atoms. The second-order valence-electron chi connectivity index (χ2n) is 6.41. The van der Waals surface area contributed by atoms with Gasteiger partial charge >= 0.3 is 0 Å². The van der Waals surface area contributed by atoms with Crippen molar-refractivity contribution in [3.8, 4) is 12.3 Å². The van der Waals surface area contributed by atoms with E-state index in [4.69, 9.17) is 11.2 Å². The van der Waals surface area contributed by atoms with Crippen molar-refractivity contribution in [2.45, 2.75) is 26.1 Å². The predicted molar refractivity (Wildman–Crippen MR) is 106 cm³/mol. The van der Waals surface area contributed by atoms with Gasteiger partial charge in [-0.05, 0) is 30.2 Å². The normalized spacial score (nSPS) is 12.1. The first-order chi connectivity index (χ1) is 12.6. The Morgan fingerprint density at radius 2 is 2.15 bits per heavy atom. The molecule has 0 saturated heterocycles. The lowest BCUT2D eigenvalue weighted by atomic mass is 10.1. The number of benzene rings is 1. The maximum absolute atomic E-state index is 10.2. The summed E-state index contributed by atoms with van der Waals surface area (Å²) >= 11 is 0. The van der Waals surface area contributed by atoms with Crippen LogP contribution < -0.4 is 0 Å². The molecule has 1 aromatic heterocycles. The van der Waals surface area contributed by atoms with Gasteiger partial charge in [0.05, 0.1) is 12.7 Å². The van der Waals surface area contributed by atoms with Crippen LogP contribution in [0.5, 0.6) is 0 Å². The second kappa shape index (κ2) is 10.6. The highest BCUT2D eigenvalue weighted by Crippen LogP contribution is 2.14. The third kappa shape index (κ3) is 6.20. The van der Waals surface area contributed by atoms with Crippen molar-refractivity contribution in [1.82, 2.24) is 9.47 Å². The molecule has 0 fully saturated rings. The fourth-order valence-electron chi connectivity index (χ4n) is 2.94. The molecular formula is C22H28N2O2. The average Bonchev–Trinajstić information content (AvgIpc) is 3.04. The van der Waals surface area contributed by atoms with E-state index < -0.39 is 6.10 Å². The standard InChI is InChI=1S/C22H28N2O2/c1-4-12-23(17-22(25)18-26-14-5-2)16-21-11-8-13-24(21)15-20-10-7-6-9-19(20)3/h2,4,6-11,13,22,25H,1,12,14-18H2,3H3/t22-/m1/s1. The van der Waals surface area contributed by atoms with Gasteiger partial charge in [-0.15, -0.1) is 13.0 Å². The minimum Gasteiger partial charge on any atom is -0.389 e. The highest BCUT2D eigenvalue weighted by molar-refractivity contribution is 5.26. The Morgan fingerprint density at radius 3 is 2.88 bits per heavy atom. The average molecular weight is 352 g/mol. The fraction of sp³-hybridized carbons (Fsp3) is 0.364. The molecule has 1 aromatic carbocycles. The minimum atomic E-state index is -0.580. The van der Waals surface area contributed by atoms with Gasteiger partial charge in [-0.1, -0.05) is 36.3 Å². The van der Waals surface area contributed by atoms with Crippen LogP contribution in [-0.4, -0.2) is 47.0 Å². The molecule has 0 aliphatic rings. The van der Waals surface area contributed by atoms with E-state index in [0.717, 1.165) is 13.1 Å². The summed E-state index contributed by atoms with van der Waals surface area (Å²) in [6, 6.07) is 12.6. The van der Waals surface area contributed by atoms with Crippen molar-refractivity contribution in [2.24, 2.45) is 0 Å². The Hall–Kier alpha value is -2.32. The van der Waals surface area contributed by atoms with E-state index in [-0.39, 0.29) is 13.2 Å². The molecule has 1 heterocycles. The number of aryl methyl sites for hydroxylation is 1. The Balaban J connectivity index is 2.01. The van der Waals surface area contributed by atoms with Crippen molar-refractivity contribution in [3.63, 3.8) is 0 Å². The molecule has 0 amide bonds. The first-order valence-electron chi connectivity index (χ1n) is 8.85. The van der Waals surface area contributed by atoms with Gasteiger partial charge in [-0.3, -0.25) is 4.90 Å². The lowest BCUT2D eigenvalue weighted by molar-refractivity contribution is 0.0281. The number of hydrogen-bond acceptors (Lipinski definition) is 3. The number of aliphatic hydroxyl groups is 1. The van der Waals surface area contributed by atoms with Gasteiger partial charge in [-0.2, -0.15) is 0 Å². The molecule has 2 rings (SSSR count). The van der Waals surface area contributed by atoms with Gasteiger partial charge < -0.3 is 14.4 Å². The summed E-state index contributed by atoms with van der Waals surface area (Å²) in [5, 5.41) is 10.2.